The normalized spacial score (nSPS) is 12.7. The van der Waals surface area contributed by atoms with Gasteiger partial charge in [0.1, 0.15) is 0 Å². The van der Waals surface area contributed by atoms with Gasteiger partial charge in [0.25, 0.3) is 0 Å². The van der Waals surface area contributed by atoms with Crippen LogP contribution >= 0.6 is 0 Å². The molecule has 3 aromatic rings. The van der Waals surface area contributed by atoms with Crippen LogP contribution in [0.4, 0.5) is 29.2 Å². The molecule has 1 aliphatic rings. The van der Waals surface area contributed by atoms with E-state index in [2.05, 4.69) is 16.4 Å². The van der Waals surface area contributed by atoms with E-state index in [1.807, 2.05) is 26.0 Å². The first-order valence-corrected chi connectivity index (χ1v) is 9.19. The first kappa shape index (κ1) is 19.9. The number of aromatic nitrogens is 2. The maximum atomic E-state index is 13.9. The highest BCUT2D eigenvalue weighted by Crippen LogP contribution is 2.31. The third-order valence-corrected chi connectivity index (χ3v) is 4.95. The van der Waals surface area contributed by atoms with Gasteiger partial charge in [0.15, 0.2) is 17.5 Å². The van der Waals surface area contributed by atoms with Crippen molar-refractivity contribution < 1.29 is 17.6 Å². The van der Waals surface area contributed by atoms with Crippen LogP contribution in [0.2, 0.25) is 0 Å². The van der Waals surface area contributed by atoms with Crippen molar-refractivity contribution in [3.8, 4) is 0 Å². The second-order valence-corrected chi connectivity index (χ2v) is 7.38. The van der Waals surface area contributed by atoms with Gasteiger partial charge in [-0.25, -0.2) is 13.2 Å². The van der Waals surface area contributed by atoms with Crippen LogP contribution in [0.1, 0.15) is 29.2 Å². The average molecular weight is 415 g/mol. The topological polar surface area (TPSA) is 46.9 Å². The Morgan fingerprint density at radius 2 is 1.73 bits per heavy atom. The lowest BCUT2D eigenvalue weighted by atomic mass is 10.0. The van der Waals surface area contributed by atoms with Gasteiger partial charge in [0.05, 0.1) is 6.54 Å². The summed E-state index contributed by atoms with van der Waals surface area (Å²) in [4.78, 5) is 15.5. The van der Waals surface area contributed by atoms with Gasteiger partial charge in [-0.2, -0.15) is 9.37 Å². The number of aryl methyl sites for hydroxylation is 1. The quantitative estimate of drug-likeness (QED) is 0.489. The SMILES string of the molecule is CC1=Cc2cc(Nc3nc(=O)c(F)cn3Cc3cc(F)c(F)c(F)c3)c(C)cc2C1. The fraction of sp³-hybridized carbons (Fsp3) is 0.182. The predicted octanol–water partition coefficient (Wildman–Crippen LogP) is 4.86. The van der Waals surface area contributed by atoms with Gasteiger partial charge in [0, 0.05) is 11.9 Å². The van der Waals surface area contributed by atoms with Crippen LogP contribution < -0.4 is 10.9 Å². The van der Waals surface area contributed by atoms with E-state index in [1.165, 1.54) is 15.7 Å². The van der Waals surface area contributed by atoms with Gasteiger partial charge in [-0.3, -0.25) is 4.79 Å². The van der Waals surface area contributed by atoms with Crippen LogP contribution in [0.5, 0.6) is 0 Å². The smallest absolute Gasteiger partial charge is 0.310 e. The molecule has 1 N–H and O–H groups in total. The van der Waals surface area contributed by atoms with Crippen molar-refractivity contribution >= 4 is 17.7 Å². The molecule has 4 rings (SSSR count). The van der Waals surface area contributed by atoms with Crippen LogP contribution in [0.25, 0.3) is 6.08 Å². The van der Waals surface area contributed by atoms with E-state index in [9.17, 15) is 22.4 Å². The zero-order chi connectivity index (χ0) is 21.6. The van der Waals surface area contributed by atoms with Gasteiger partial charge in [-0.1, -0.05) is 17.7 Å². The van der Waals surface area contributed by atoms with E-state index < -0.39 is 28.8 Å². The molecule has 0 spiro atoms. The lowest BCUT2D eigenvalue weighted by Gasteiger charge is -2.16. The summed E-state index contributed by atoms with van der Waals surface area (Å²) < 4.78 is 55.4. The largest absolute Gasteiger partial charge is 0.325 e. The minimum Gasteiger partial charge on any atom is -0.325 e. The molecule has 0 saturated heterocycles. The number of hydrogen-bond donors (Lipinski definition) is 1. The minimum absolute atomic E-state index is 0.00621. The molecule has 0 saturated carbocycles. The summed E-state index contributed by atoms with van der Waals surface area (Å²) in [6.45, 7) is 3.68. The second-order valence-electron chi connectivity index (χ2n) is 7.38. The molecule has 2 aromatic carbocycles. The minimum atomic E-state index is -1.58. The number of benzene rings is 2. The van der Waals surface area contributed by atoms with Crippen molar-refractivity contribution in [2.24, 2.45) is 0 Å². The van der Waals surface area contributed by atoms with E-state index in [0.29, 0.717) is 5.69 Å². The fourth-order valence-electron chi connectivity index (χ4n) is 3.53. The highest BCUT2D eigenvalue weighted by atomic mass is 19.2. The van der Waals surface area contributed by atoms with Crippen molar-refractivity contribution in [2.45, 2.75) is 26.8 Å². The first-order valence-electron chi connectivity index (χ1n) is 9.19. The lowest BCUT2D eigenvalue weighted by molar-refractivity contribution is 0.444. The molecule has 0 radical (unpaired) electrons. The Hall–Kier alpha value is -3.42. The second kappa shape index (κ2) is 7.44. The molecule has 154 valence electrons. The van der Waals surface area contributed by atoms with Crippen molar-refractivity contribution in [1.82, 2.24) is 9.55 Å². The van der Waals surface area contributed by atoms with Crippen LogP contribution in [0.15, 0.2) is 40.8 Å². The lowest BCUT2D eigenvalue weighted by Crippen LogP contribution is -2.20. The Kier molecular flexibility index (Phi) is 4.93. The van der Waals surface area contributed by atoms with E-state index in [1.54, 1.807) is 0 Å². The Balaban J connectivity index is 1.74. The van der Waals surface area contributed by atoms with Crippen molar-refractivity contribution in [3.05, 3.63) is 91.9 Å². The highest BCUT2D eigenvalue weighted by Gasteiger charge is 2.16. The molecule has 1 aliphatic carbocycles. The molecule has 0 atom stereocenters. The number of rotatable bonds is 4. The monoisotopic (exact) mass is 415 g/mol. The number of anilines is 2. The van der Waals surface area contributed by atoms with Crippen molar-refractivity contribution in [2.75, 3.05) is 5.32 Å². The van der Waals surface area contributed by atoms with Gasteiger partial charge < -0.3 is 9.88 Å². The van der Waals surface area contributed by atoms with Gasteiger partial charge in [-0.15, -0.1) is 0 Å². The van der Waals surface area contributed by atoms with Gasteiger partial charge in [-0.05, 0) is 60.7 Å². The highest BCUT2D eigenvalue weighted by molar-refractivity contribution is 5.71. The molecule has 30 heavy (non-hydrogen) atoms. The Morgan fingerprint density at radius 3 is 2.43 bits per heavy atom. The van der Waals surface area contributed by atoms with E-state index >= 15 is 0 Å². The molecular formula is C22H17F4N3O. The molecule has 0 bridgehead atoms. The van der Waals surface area contributed by atoms with Crippen LogP contribution in [-0.4, -0.2) is 9.55 Å². The number of fused-ring (bicyclic) bond motifs is 1. The summed E-state index contributed by atoms with van der Waals surface area (Å²) in [7, 11) is 0. The Bertz CT molecular complexity index is 1240. The summed E-state index contributed by atoms with van der Waals surface area (Å²) >= 11 is 0. The van der Waals surface area contributed by atoms with Crippen molar-refractivity contribution in [3.63, 3.8) is 0 Å². The molecule has 1 heterocycles. The summed E-state index contributed by atoms with van der Waals surface area (Å²) in [6.07, 6.45) is 3.80. The molecule has 8 heteroatoms. The number of nitrogens with one attached hydrogen (secondary N) is 1. The molecular weight excluding hydrogens is 398 g/mol. The standard InChI is InChI=1S/C22H17F4N3O/c1-11-3-14-5-12(2)19(8-15(14)4-11)27-22-28-21(30)18(25)10-29(22)9-13-6-16(23)20(26)17(24)7-13/h4-8,10H,3,9H2,1-2H3,(H,27,28,30). The zero-order valence-corrected chi connectivity index (χ0v) is 16.2. The molecule has 1 aromatic heterocycles. The molecule has 0 aliphatic heterocycles. The molecule has 0 fully saturated rings. The number of hydrogen-bond acceptors (Lipinski definition) is 3. The third kappa shape index (κ3) is 3.72. The first-order chi connectivity index (χ1) is 14.2. The summed E-state index contributed by atoms with van der Waals surface area (Å²) in [5.41, 5.74) is 3.95. The number of allylic oxidation sites excluding steroid dienone is 1. The summed E-state index contributed by atoms with van der Waals surface area (Å²) in [5.74, 6) is -5.42. The predicted molar refractivity (Wildman–Crippen MR) is 106 cm³/mol. The maximum Gasteiger partial charge on any atom is 0.310 e. The Morgan fingerprint density at radius 1 is 1.03 bits per heavy atom. The maximum absolute atomic E-state index is 13.9. The number of halogens is 4. The summed E-state index contributed by atoms with van der Waals surface area (Å²) in [6, 6.07) is 5.54. The molecule has 4 nitrogen and oxygen atoms in total. The van der Waals surface area contributed by atoms with E-state index in [-0.39, 0.29) is 18.1 Å². The molecule has 0 amide bonds. The fourth-order valence-corrected chi connectivity index (χ4v) is 3.53. The van der Waals surface area contributed by atoms with E-state index in [4.69, 9.17) is 0 Å². The van der Waals surface area contributed by atoms with Gasteiger partial charge in [0.2, 0.25) is 11.8 Å². The zero-order valence-electron chi connectivity index (χ0n) is 16.2. The van der Waals surface area contributed by atoms with Crippen LogP contribution in [0, 0.1) is 30.2 Å². The average Bonchev–Trinajstić information content (AvgIpc) is 3.02. The third-order valence-electron chi connectivity index (χ3n) is 4.95. The Labute approximate surface area is 169 Å². The van der Waals surface area contributed by atoms with Crippen molar-refractivity contribution in [1.29, 1.82) is 0 Å². The van der Waals surface area contributed by atoms with Crippen LogP contribution in [0.3, 0.4) is 0 Å². The number of nitrogens with zero attached hydrogens (tertiary/aromatic N) is 2. The van der Waals surface area contributed by atoms with E-state index in [0.717, 1.165) is 35.9 Å². The van der Waals surface area contributed by atoms with Gasteiger partial charge >= 0.3 is 5.56 Å². The van der Waals surface area contributed by atoms with Crippen LogP contribution in [-0.2, 0) is 13.0 Å². The molecule has 0 unspecified atom stereocenters. The summed E-state index contributed by atoms with van der Waals surface area (Å²) in [5, 5.41) is 3.01.